The fourth-order valence-electron chi connectivity index (χ4n) is 2.07. The van der Waals surface area contributed by atoms with Crippen molar-refractivity contribution in [3.05, 3.63) is 11.1 Å². The molecule has 2 atom stereocenters. The fraction of sp³-hybridized carbons (Fsp3) is 0.750. The SMILES string of the molecule is C=C(Br)CNC(=NC)NC1CC(OC)C1(C)C.I. The maximum atomic E-state index is 5.42. The van der Waals surface area contributed by atoms with E-state index in [1.54, 1.807) is 14.2 Å². The Morgan fingerprint density at radius 1 is 1.56 bits per heavy atom. The number of methoxy groups -OCH3 is 1. The van der Waals surface area contributed by atoms with E-state index >= 15 is 0 Å². The first-order valence-electron chi connectivity index (χ1n) is 5.75. The standard InChI is InChI=1S/C12H22BrN3O.HI/c1-8(13)7-15-11(14-4)16-9-6-10(17-5)12(9,2)3;/h9-10H,1,6-7H2,2-5H3,(H2,14,15,16);1H. The molecule has 6 heteroatoms. The van der Waals surface area contributed by atoms with E-state index in [4.69, 9.17) is 4.74 Å². The highest BCUT2D eigenvalue weighted by Gasteiger charge is 2.48. The lowest BCUT2D eigenvalue weighted by Crippen LogP contribution is -2.63. The summed E-state index contributed by atoms with van der Waals surface area (Å²) in [5.74, 6) is 0.804. The predicted molar refractivity (Wildman–Crippen MR) is 91.0 cm³/mol. The average molecular weight is 432 g/mol. The molecule has 0 aromatic carbocycles. The van der Waals surface area contributed by atoms with Crippen molar-refractivity contribution < 1.29 is 4.74 Å². The number of ether oxygens (including phenoxy) is 1. The number of halogens is 2. The minimum absolute atomic E-state index is 0. The largest absolute Gasteiger partial charge is 0.381 e. The molecule has 0 spiro atoms. The Kier molecular flexibility index (Phi) is 7.77. The molecule has 0 radical (unpaired) electrons. The van der Waals surface area contributed by atoms with Gasteiger partial charge in [-0.15, -0.1) is 24.0 Å². The zero-order valence-electron chi connectivity index (χ0n) is 11.4. The Morgan fingerprint density at radius 3 is 2.56 bits per heavy atom. The zero-order valence-corrected chi connectivity index (χ0v) is 15.3. The summed E-state index contributed by atoms with van der Waals surface area (Å²) in [5.41, 5.74) is 0.137. The van der Waals surface area contributed by atoms with Crippen LogP contribution < -0.4 is 10.6 Å². The van der Waals surface area contributed by atoms with E-state index in [1.165, 1.54) is 0 Å². The van der Waals surface area contributed by atoms with E-state index in [0.29, 0.717) is 18.7 Å². The maximum absolute atomic E-state index is 5.42. The highest BCUT2D eigenvalue weighted by atomic mass is 127. The van der Waals surface area contributed by atoms with Gasteiger partial charge in [0.15, 0.2) is 5.96 Å². The number of hydrogen-bond donors (Lipinski definition) is 2. The highest BCUT2D eigenvalue weighted by Crippen LogP contribution is 2.42. The van der Waals surface area contributed by atoms with Crippen LogP contribution in [0.1, 0.15) is 20.3 Å². The number of aliphatic imine (C=N–C) groups is 1. The molecule has 0 saturated heterocycles. The van der Waals surface area contributed by atoms with Crippen LogP contribution in [0.25, 0.3) is 0 Å². The molecule has 18 heavy (non-hydrogen) atoms. The van der Waals surface area contributed by atoms with Crippen LogP contribution in [0.5, 0.6) is 0 Å². The van der Waals surface area contributed by atoms with Crippen LogP contribution in [0.3, 0.4) is 0 Å². The molecule has 0 amide bonds. The van der Waals surface area contributed by atoms with E-state index in [9.17, 15) is 0 Å². The topological polar surface area (TPSA) is 45.7 Å². The number of guanidine groups is 1. The normalized spacial score (nSPS) is 25.7. The van der Waals surface area contributed by atoms with Crippen LogP contribution >= 0.6 is 39.9 Å². The lowest BCUT2D eigenvalue weighted by Gasteiger charge is -2.51. The number of nitrogens with one attached hydrogen (secondary N) is 2. The molecule has 4 nitrogen and oxygen atoms in total. The molecule has 1 saturated carbocycles. The van der Waals surface area contributed by atoms with Gasteiger partial charge in [0.25, 0.3) is 0 Å². The third-order valence-electron chi connectivity index (χ3n) is 3.44. The van der Waals surface area contributed by atoms with Gasteiger partial charge in [-0.1, -0.05) is 36.4 Å². The molecule has 2 N–H and O–H groups in total. The molecular weight excluding hydrogens is 409 g/mol. The molecule has 106 valence electrons. The quantitative estimate of drug-likeness (QED) is 0.408. The maximum Gasteiger partial charge on any atom is 0.191 e. The summed E-state index contributed by atoms with van der Waals surface area (Å²) in [6.45, 7) is 8.86. The Bertz CT molecular complexity index is 320. The highest BCUT2D eigenvalue weighted by molar-refractivity contribution is 14.0. The lowest BCUT2D eigenvalue weighted by molar-refractivity contribution is -0.0922. The van der Waals surface area contributed by atoms with Gasteiger partial charge in [-0.3, -0.25) is 4.99 Å². The minimum Gasteiger partial charge on any atom is -0.381 e. The number of hydrogen-bond acceptors (Lipinski definition) is 2. The summed E-state index contributed by atoms with van der Waals surface area (Å²) >= 11 is 3.31. The second-order valence-electron chi connectivity index (χ2n) is 4.92. The summed E-state index contributed by atoms with van der Waals surface area (Å²) in [7, 11) is 3.54. The molecule has 1 aliphatic carbocycles. The molecule has 0 aliphatic heterocycles. The van der Waals surface area contributed by atoms with Crippen molar-refractivity contribution in [3.63, 3.8) is 0 Å². The van der Waals surface area contributed by atoms with Crippen molar-refractivity contribution in [2.24, 2.45) is 10.4 Å². The second-order valence-corrected chi connectivity index (χ2v) is 6.04. The van der Waals surface area contributed by atoms with E-state index in [2.05, 4.69) is 52.0 Å². The van der Waals surface area contributed by atoms with Gasteiger partial charge in [0.2, 0.25) is 0 Å². The molecule has 0 heterocycles. The molecule has 1 fully saturated rings. The molecule has 1 aliphatic rings. The third-order valence-corrected chi connectivity index (χ3v) is 3.72. The molecule has 0 bridgehead atoms. The van der Waals surface area contributed by atoms with Crippen LogP contribution in [0.15, 0.2) is 16.1 Å². The summed E-state index contributed by atoms with van der Waals surface area (Å²) in [6, 6.07) is 0.391. The molecule has 1 rings (SSSR count). The van der Waals surface area contributed by atoms with Crippen molar-refractivity contribution in [1.29, 1.82) is 0 Å². The van der Waals surface area contributed by atoms with Gasteiger partial charge in [-0.2, -0.15) is 0 Å². The van der Waals surface area contributed by atoms with Gasteiger partial charge in [0, 0.05) is 36.6 Å². The van der Waals surface area contributed by atoms with Crippen molar-refractivity contribution in [2.45, 2.75) is 32.4 Å². The van der Waals surface area contributed by atoms with Gasteiger partial charge in [0.1, 0.15) is 0 Å². The first-order valence-corrected chi connectivity index (χ1v) is 6.54. The van der Waals surface area contributed by atoms with E-state index in [0.717, 1.165) is 16.9 Å². The summed E-state index contributed by atoms with van der Waals surface area (Å²) in [6.07, 6.45) is 1.34. The first kappa shape index (κ1) is 18.2. The van der Waals surface area contributed by atoms with Gasteiger partial charge in [0.05, 0.1) is 6.10 Å². The Morgan fingerprint density at radius 2 is 2.17 bits per heavy atom. The summed E-state index contributed by atoms with van der Waals surface area (Å²) < 4.78 is 6.33. The van der Waals surface area contributed by atoms with Crippen molar-refractivity contribution in [1.82, 2.24) is 10.6 Å². The predicted octanol–water partition coefficient (Wildman–Crippen LogP) is 2.49. The molecule has 0 aromatic rings. The van der Waals surface area contributed by atoms with Gasteiger partial charge < -0.3 is 15.4 Å². The zero-order chi connectivity index (χ0) is 13.1. The summed E-state index contributed by atoms with van der Waals surface area (Å²) in [4.78, 5) is 4.19. The number of rotatable bonds is 4. The van der Waals surface area contributed by atoms with Crippen LogP contribution in [0, 0.1) is 5.41 Å². The number of nitrogens with zero attached hydrogens (tertiary/aromatic N) is 1. The van der Waals surface area contributed by atoms with Crippen LogP contribution in [-0.2, 0) is 4.74 Å². The van der Waals surface area contributed by atoms with Crippen molar-refractivity contribution >= 4 is 45.9 Å². The van der Waals surface area contributed by atoms with Crippen LogP contribution in [0.2, 0.25) is 0 Å². The average Bonchev–Trinajstić information content (AvgIpc) is 2.27. The lowest BCUT2D eigenvalue weighted by atomic mass is 9.64. The van der Waals surface area contributed by atoms with Crippen LogP contribution in [-0.4, -0.2) is 38.8 Å². The monoisotopic (exact) mass is 431 g/mol. The summed E-state index contributed by atoms with van der Waals surface area (Å²) in [5, 5.41) is 6.60. The van der Waals surface area contributed by atoms with Gasteiger partial charge in [-0.05, 0) is 6.42 Å². The first-order chi connectivity index (χ1) is 7.91. The fourth-order valence-corrected chi connectivity index (χ4v) is 2.21. The second kappa shape index (κ2) is 7.69. The molecular formula is C12H23BrIN3O. The molecule has 2 unspecified atom stereocenters. The Labute approximate surface area is 135 Å². The molecule has 0 aromatic heterocycles. The Balaban J connectivity index is 0.00000289. The van der Waals surface area contributed by atoms with Gasteiger partial charge >= 0.3 is 0 Å². The Hall–Kier alpha value is 0.180. The van der Waals surface area contributed by atoms with Crippen LogP contribution in [0.4, 0.5) is 0 Å². The van der Waals surface area contributed by atoms with E-state index < -0.39 is 0 Å². The van der Waals surface area contributed by atoms with Crippen molar-refractivity contribution in [2.75, 3.05) is 20.7 Å². The third kappa shape index (κ3) is 4.38. The van der Waals surface area contributed by atoms with E-state index in [1.807, 2.05) is 0 Å². The minimum atomic E-state index is 0. The smallest absolute Gasteiger partial charge is 0.191 e. The van der Waals surface area contributed by atoms with E-state index in [-0.39, 0.29) is 29.4 Å². The van der Waals surface area contributed by atoms with Gasteiger partial charge in [-0.25, -0.2) is 0 Å². The van der Waals surface area contributed by atoms with Crippen molar-refractivity contribution in [3.8, 4) is 0 Å².